The third kappa shape index (κ3) is 1.57. The Bertz CT molecular complexity index is 281. The van der Waals surface area contributed by atoms with Crippen molar-refractivity contribution in [2.24, 2.45) is 11.8 Å². The fourth-order valence-electron chi connectivity index (χ4n) is 2.51. The van der Waals surface area contributed by atoms with Gasteiger partial charge in [0, 0.05) is 12.4 Å². The molecule has 3 heteroatoms. The third-order valence-electron chi connectivity index (χ3n) is 3.39. The number of aliphatic hydroxyl groups excluding tert-OH is 1. The molecule has 1 aromatic heterocycles. The zero-order chi connectivity index (χ0) is 10.1. The van der Waals surface area contributed by atoms with Gasteiger partial charge in [-0.15, -0.1) is 0 Å². The van der Waals surface area contributed by atoms with Crippen molar-refractivity contribution >= 4 is 0 Å². The predicted octanol–water partition coefficient (Wildman–Crippen LogP) is 1.85. The normalized spacial score (nSPS) is 32.7. The van der Waals surface area contributed by atoms with E-state index >= 15 is 0 Å². The van der Waals surface area contributed by atoms with Crippen molar-refractivity contribution in [3.63, 3.8) is 0 Å². The van der Waals surface area contributed by atoms with Crippen LogP contribution in [0.4, 0.5) is 0 Å². The molecule has 0 bridgehead atoms. The van der Waals surface area contributed by atoms with E-state index in [0.29, 0.717) is 11.8 Å². The van der Waals surface area contributed by atoms with E-state index in [1.165, 1.54) is 0 Å². The van der Waals surface area contributed by atoms with Gasteiger partial charge < -0.3 is 9.67 Å². The van der Waals surface area contributed by atoms with Crippen LogP contribution in [0.3, 0.4) is 0 Å². The smallest absolute Gasteiger partial charge is 0.0949 e. The van der Waals surface area contributed by atoms with Crippen LogP contribution in [0.15, 0.2) is 18.7 Å². The summed E-state index contributed by atoms with van der Waals surface area (Å²) in [7, 11) is 0. The summed E-state index contributed by atoms with van der Waals surface area (Å²) in [6, 6.07) is 0.241. The van der Waals surface area contributed by atoms with Crippen molar-refractivity contribution < 1.29 is 5.11 Å². The van der Waals surface area contributed by atoms with Crippen LogP contribution in [0.5, 0.6) is 0 Å². The molecule has 14 heavy (non-hydrogen) atoms. The van der Waals surface area contributed by atoms with Crippen molar-refractivity contribution in [3.8, 4) is 0 Å². The summed E-state index contributed by atoms with van der Waals surface area (Å²) in [5, 5.41) is 10.1. The van der Waals surface area contributed by atoms with Gasteiger partial charge >= 0.3 is 0 Å². The first-order chi connectivity index (χ1) is 6.70. The van der Waals surface area contributed by atoms with E-state index in [4.69, 9.17) is 0 Å². The minimum Gasteiger partial charge on any atom is -0.391 e. The SMILES string of the molecule is CC(C)C1CCC(n2ccnc2)C1O. The van der Waals surface area contributed by atoms with Crippen LogP contribution in [0.2, 0.25) is 0 Å². The lowest BCUT2D eigenvalue weighted by atomic mass is 9.92. The molecule has 1 heterocycles. The Balaban J connectivity index is 2.11. The highest BCUT2D eigenvalue weighted by Crippen LogP contribution is 2.38. The molecule has 0 aliphatic heterocycles. The lowest BCUT2D eigenvalue weighted by Crippen LogP contribution is -2.26. The number of imidazole rings is 1. The Kier molecular flexibility index (Phi) is 2.59. The van der Waals surface area contributed by atoms with E-state index in [2.05, 4.69) is 18.8 Å². The Morgan fingerprint density at radius 1 is 1.43 bits per heavy atom. The van der Waals surface area contributed by atoms with E-state index < -0.39 is 0 Å². The van der Waals surface area contributed by atoms with Gasteiger partial charge in [-0.25, -0.2) is 4.98 Å². The maximum Gasteiger partial charge on any atom is 0.0949 e. The topological polar surface area (TPSA) is 38.0 Å². The van der Waals surface area contributed by atoms with E-state index in [-0.39, 0.29) is 12.1 Å². The number of aliphatic hydroxyl groups is 1. The molecule has 1 saturated carbocycles. The quantitative estimate of drug-likeness (QED) is 0.780. The fourth-order valence-corrected chi connectivity index (χ4v) is 2.51. The minimum atomic E-state index is -0.204. The van der Waals surface area contributed by atoms with Gasteiger partial charge in [0.05, 0.1) is 18.5 Å². The summed E-state index contributed by atoms with van der Waals surface area (Å²) >= 11 is 0. The molecule has 0 aromatic carbocycles. The van der Waals surface area contributed by atoms with Gasteiger partial charge in [0.15, 0.2) is 0 Å². The molecule has 0 saturated heterocycles. The van der Waals surface area contributed by atoms with Gasteiger partial charge in [0.1, 0.15) is 0 Å². The third-order valence-corrected chi connectivity index (χ3v) is 3.39. The average molecular weight is 194 g/mol. The maximum absolute atomic E-state index is 10.1. The Morgan fingerprint density at radius 3 is 2.71 bits per heavy atom. The molecule has 0 spiro atoms. The summed E-state index contributed by atoms with van der Waals surface area (Å²) in [5.41, 5.74) is 0. The summed E-state index contributed by atoms with van der Waals surface area (Å²) in [6.45, 7) is 4.37. The van der Waals surface area contributed by atoms with Crippen LogP contribution in [-0.4, -0.2) is 20.8 Å². The van der Waals surface area contributed by atoms with E-state index in [0.717, 1.165) is 12.8 Å². The summed E-state index contributed by atoms with van der Waals surface area (Å²) in [6.07, 6.45) is 7.51. The molecule has 3 atom stereocenters. The van der Waals surface area contributed by atoms with Gasteiger partial charge in [-0.3, -0.25) is 0 Å². The van der Waals surface area contributed by atoms with Crippen molar-refractivity contribution in [2.45, 2.75) is 38.8 Å². The largest absolute Gasteiger partial charge is 0.391 e. The molecule has 1 aliphatic rings. The fraction of sp³-hybridized carbons (Fsp3) is 0.727. The minimum absolute atomic E-state index is 0.204. The van der Waals surface area contributed by atoms with Gasteiger partial charge in [0.2, 0.25) is 0 Å². The van der Waals surface area contributed by atoms with Gasteiger partial charge in [-0.2, -0.15) is 0 Å². The van der Waals surface area contributed by atoms with Gasteiger partial charge in [-0.1, -0.05) is 13.8 Å². The highest BCUT2D eigenvalue weighted by atomic mass is 16.3. The second-order valence-corrected chi connectivity index (χ2v) is 4.55. The second-order valence-electron chi connectivity index (χ2n) is 4.55. The molecular formula is C11H18N2O. The first-order valence-corrected chi connectivity index (χ1v) is 5.35. The monoisotopic (exact) mass is 194 g/mol. The molecular weight excluding hydrogens is 176 g/mol. The Morgan fingerprint density at radius 2 is 2.21 bits per heavy atom. The van der Waals surface area contributed by atoms with Gasteiger partial charge in [-0.05, 0) is 24.7 Å². The van der Waals surface area contributed by atoms with Crippen LogP contribution in [0, 0.1) is 11.8 Å². The van der Waals surface area contributed by atoms with E-state index in [1.807, 2.05) is 10.8 Å². The lowest BCUT2D eigenvalue weighted by Gasteiger charge is -2.22. The molecule has 0 amide bonds. The average Bonchev–Trinajstić information content (AvgIpc) is 2.71. The van der Waals surface area contributed by atoms with Crippen LogP contribution in [-0.2, 0) is 0 Å². The van der Waals surface area contributed by atoms with Crippen LogP contribution >= 0.6 is 0 Å². The molecule has 2 rings (SSSR count). The Labute approximate surface area is 84.8 Å². The van der Waals surface area contributed by atoms with Crippen LogP contribution < -0.4 is 0 Å². The van der Waals surface area contributed by atoms with E-state index in [9.17, 15) is 5.11 Å². The maximum atomic E-state index is 10.1. The number of hydrogen-bond acceptors (Lipinski definition) is 2. The molecule has 3 nitrogen and oxygen atoms in total. The lowest BCUT2D eigenvalue weighted by molar-refractivity contribution is 0.0750. The summed E-state index contributed by atoms with van der Waals surface area (Å²) < 4.78 is 2.03. The predicted molar refractivity (Wildman–Crippen MR) is 54.8 cm³/mol. The summed E-state index contributed by atoms with van der Waals surface area (Å²) in [5.74, 6) is 1.01. The zero-order valence-corrected chi connectivity index (χ0v) is 8.80. The van der Waals surface area contributed by atoms with Gasteiger partial charge in [0.25, 0.3) is 0 Å². The van der Waals surface area contributed by atoms with E-state index in [1.54, 1.807) is 12.5 Å². The van der Waals surface area contributed by atoms with Crippen molar-refractivity contribution in [1.29, 1.82) is 0 Å². The molecule has 1 N–H and O–H groups in total. The van der Waals surface area contributed by atoms with Crippen molar-refractivity contribution in [3.05, 3.63) is 18.7 Å². The molecule has 1 aliphatic carbocycles. The second kappa shape index (κ2) is 3.73. The van der Waals surface area contributed by atoms with Crippen molar-refractivity contribution in [2.75, 3.05) is 0 Å². The molecule has 3 unspecified atom stereocenters. The van der Waals surface area contributed by atoms with Crippen LogP contribution in [0.1, 0.15) is 32.7 Å². The number of hydrogen-bond donors (Lipinski definition) is 1. The zero-order valence-electron chi connectivity index (χ0n) is 8.80. The number of rotatable bonds is 2. The first kappa shape index (κ1) is 9.71. The highest BCUT2D eigenvalue weighted by molar-refractivity contribution is 4.93. The molecule has 1 aromatic rings. The molecule has 0 radical (unpaired) electrons. The Hall–Kier alpha value is -0.830. The van der Waals surface area contributed by atoms with Crippen LogP contribution in [0.25, 0.3) is 0 Å². The number of nitrogens with zero attached hydrogens (tertiary/aromatic N) is 2. The summed E-state index contributed by atoms with van der Waals surface area (Å²) in [4.78, 5) is 4.02. The first-order valence-electron chi connectivity index (χ1n) is 5.35. The standard InChI is InChI=1S/C11H18N2O/c1-8(2)9-3-4-10(11(9)14)13-6-5-12-7-13/h5-11,14H,3-4H2,1-2H3. The number of aromatic nitrogens is 2. The molecule has 1 fully saturated rings. The highest BCUT2D eigenvalue weighted by Gasteiger charge is 2.36. The molecule has 78 valence electrons. The van der Waals surface area contributed by atoms with Crippen molar-refractivity contribution in [1.82, 2.24) is 9.55 Å².